The minimum Gasteiger partial charge on any atom is -0.462 e. The van der Waals surface area contributed by atoms with Crippen LogP contribution in [0.3, 0.4) is 0 Å². The number of carbonyl (C=O) groups excluding carboxylic acids is 2. The zero-order chi connectivity index (χ0) is 21.4. The van der Waals surface area contributed by atoms with E-state index in [9.17, 15) is 9.59 Å². The predicted octanol–water partition coefficient (Wildman–Crippen LogP) is 3.94. The number of piperidine rings is 1. The van der Waals surface area contributed by atoms with Crippen molar-refractivity contribution in [3.63, 3.8) is 0 Å². The SMILES string of the molecule is CC(C)(C)OC=O.CC(C)OC(=O)Nc1cnc2[nH]cc(C3CCNCC3)c2c1. The van der Waals surface area contributed by atoms with Crippen LogP contribution >= 0.6 is 0 Å². The molecule has 1 amide bonds. The fraction of sp³-hybridized carbons (Fsp3) is 0.571. The van der Waals surface area contributed by atoms with Crippen LogP contribution in [-0.2, 0) is 14.3 Å². The Labute approximate surface area is 171 Å². The molecule has 8 heteroatoms. The number of amides is 1. The third kappa shape index (κ3) is 7.38. The molecule has 3 N–H and O–H groups in total. The smallest absolute Gasteiger partial charge is 0.411 e. The zero-order valence-corrected chi connectivity index (χ0v) is 17.9. The summed E-state index contributed by atoms with van der Waals surface area (Å²) < 4.78 is 9.65. The van der Waals surface area contributed by atoms with Crippen LogP contribution in [0.2, 0.25) is 0 Å². The summed E-state index contributed by atoms with van der Waals surface area (Å²) >= 11 is 0. The number of anilines is 1. The highest BCUT2D eigenvalue weighted by Gasteiger charge is 2.19. The van der Waals surface area contributed by atoms with Crippen LogP contribution < -0.4 is 10.6 Å². The Morgan fingerprint density at radius 1 is 1.31 bits per heavy atom. The van der Waals surface area contributed by atoms with Gasteiger partial charge in [-0.05, 0) is 78.1 Å². The van der Waals surface area contributed by atoms with Crippen LogP contribution in [0.5, 0.6) is 0 Å². The number of ether oxygens (including phenoxy) is 2. The fourth-order valence-corrected chi connectivity index (χ4v) is 3.07. The first kappa shape index (κ1) is 22.7. The van der Waals surface area contributed by atoms with Gasteiger partial charge in [0.05, 0.1) is 18.0 Å². The number of hydrogen-bond donors (Lipinski definition) is 3. The van der Waals surface area contributed by atoms with Gasteiger partial charge in [0.15, 0.2) is 0 Å². The summed E-state index contributed by atoms with van der Waals surface area (Å²) in [7, 11) is 0. The van der Waals surface area contributed by atoms with Crippen molar-refractivity contribution in [1.82, 2.24) is 15.3 Å². The van der Waals surface area contributed by atoms with Crippen molar-refractivity contribution < 1.29 is 19.1 Å². The molecular formula is C21H32N4O4. The first-order valence-electron chi connectivity index (χ1n) is 9.96. The molecule has 29 heavy (non-hydrogen) atoms. The molecule has 160 valence electrons. The molecular weight excluding hydrogens is 372 g/mol. The predicted molar refractivity (Wildman–Crippen MR) is 113 cm³/mol. The Bertz CT molecular complexity index is 805. The van der Waals surface area contributed by atoms with Crippen molar-refractivity contribution in [2.75, 3.05) is 18.4 Å². The number of carbonyl (C=O) groups is 2. The molecule has 1 saturated heterocycles. The van der Waals surface area contributed by atoms with Gasteiger partial charge in [0, 0.05) is 11.6 Å². The van der Waals surface area contributed by atoms with Crippen LogP contribution in [0.15, 0.2) is 18.5 Å². The number of nitrogens with zero attached hydrogens (tertiary/aromatic N) is 1. The van der Waals surface area contributed by atoms with E-state index in [1.807, 2.05) is 46.9 Å². The summed E-state index contributed by atoms with van der Waals surface area (Å²) in [4.78, 5) is 28.9. The summed E-state index contributed by atoms with van der Waals surface area (Å²) in [6.45, 7) is 11.7. The first-order valence-corrected chi connectivity index (χ1v) is 9.96. The van der Waals surface area contributed by atoms with Crippen molar-refractivity contribution in [3.05, 3.63) is 24.0 Å². The van der Waals surface area contributed by atoms with E-state index in [0.717, 1.165) is 37.0 Å². The van der Waals surface area contributed by atoms with Crippen LogP contribution in [0.4, 0.5) is 10.5 Å². The molecule has 0 bridgehead atoms. The number of fused-ring (bicyclic) bond motifs is 1. The maximum atomic E-state index is 11.7. The van der Waals surface area contributed by atoms with Crippen LogP contribution in [0.25, 0.3) is 11.0 Å². The summed E-state index contributed by atoms with van der Waals surface area (Å²) in [5.74, 6) is 0.537. The van der Waals surface area contributed by atoms with Gasteiger partial charge in [-0.15, -0.1) is 0 Å². The van der Waals surface area contributed by atoms with Gasteiger partial charge < -0.3 is 19.8 Å². The Morgan fingerprint density at radius 3 is 2.55 bits per heavy atom. The van der Waals surface area contributed by atoms with Gasteiger partial charge in [0.2, 0.25) is 0 Å². The highest BCUT2D eigenvalue weighted by molar-refractivity contribution is 5.89. The number of hydrogen-bond acceptors (Lipinski definition) is 6. The zero-order valence-electron chi connectivity index (χ0n) is 17.9. The maximum Gasteiger partial charge on any atom is 0.411 e. The van der Waals surface area contributed by atoms with Gasteiger partial charge in [0.1, 0.15) is 11.2 Å². The van der Waals surface area contributed by atoms with E-state index in [1.165, 1.54) is 5.56 Å². The second kappa shape index (κ2) is 10.2. The van der Waals surface area contributed by atoms with E-state index in [1.54, 1.807) is 6.20 Å². The molecule has 0 saturated carbocycles. The molecule has 0 aliphatic carbocycles. The van der Waals surface area contributed by atoms with E-state index in [2.05, 4.69) is 25.3 Å². The molecule has 0 unspecified atom stereocenters. The van der Waals surface area contributed by atoms with Gasteiger partial charge in [-0.2, -0.15) is 0 Å². The number of aromatic nitrogens is 2. The summed E-state index contributed by atoms with van der Waals surface area (Å²) in [6, 6.07) is 1.97. The Hall–Kier alpha value is -2.61. The molecule has 0 atom stereocenters. The number of aromatic amines is 1. The molecule has 1 fully saturated rings. The Kier molecular flexibility index (Phi) is 8.01. The summed E-state index contributed by atoms with van der Waals surface area (Å²) in [5, 5.41) is 7.19. The van der Waals surface area contributed by atoms with Crippen molar-refractivity contribution in [2.24, 2.45) is 0 Å². The van der Waals surface area contributed by atoms with Gasteiger partial charge in [-0.25, -0.2) is 9.78 Å². The van der Waals surface area contributed by atoms with E-state index >= 15 is 0 Å². The Morgan fingerprint density at radius 2 is 2.00 bits per heavy atom. The molecule has 0 spiro atoms. The van der Waals surface area contributed by atoms with Crippen molar-refractivity contribution in [3.8, 4) is 0 Å². The van der Waals surface area contributed by atoms with Gasteiger partial charge in [-0.1, -0.05) is 0 Å². The number of nitrogens with one attached hydrogen (secondary N) is 3. The molecule has 0 aromatic carbocycles. The first-order chi connectivity index (χ1) is 13.7. The maximum absolute atomic E-state index is 11.7. The summed E-state index contributed by atoms with van der Waals surface area (Å²) in [6.07, 6.45) is 5.35. The van der Waals surface area contributed by atoms with Crippen LogP contribution in [-0.4, -0.2) is 47.3 Å². The minimum atomic E-state index is -0.449. The monoisotopic (exact) mass is 404 g/mol. The number of pyridine rings is 1. The second-order valence-electron chi connectivity index (χ2n) is 8.29. The fourth-order valence-electron chi connectivity index (χ4n) is 3.07. The normalized spacial score (nSPS) is 14.8. The molecule has 3 heterocycles. The standard InChI is InChI=1S/C16H22N4O2.C5H10O2/c1-10(2)22-16(21)20-12-7-13-14(9-19-15(13)18-8-12)11-3-5-17-6-4-11;1-5(2,3)7-4-6/h7-11,17H,3-6H2,1-2H3,(H,18,19)(H,20,21);4H,1-3H3. The van der Waals surface area contributed by atoms with E-state index in [-0.39, 0.29) is 11.7 Å². The van der Waals surface area contributed by atoms with Crippen LogP contribution in [0, 0.1) is 0 Å². The average Bonchev–Trinajstić information content (AvgIpc) is 3.04. The molecule has 1 aliphatic rings. The lowest BCUT2D eigenvalue weighted by atomic mass is 9.90. The second-order valence-corrected chi connectivity index (χ2v) is 8.29. The lowest BCUT2D eigenvalue weighted by molar-refractivity contribution is -0.138. The third-order valence-corrected chi connectivity index (χ3v) is 4.33. The summed E-state index contributed by atoms with van der Waals surface area (Å²) in [5.41, 5.74) is 2.48. The van der Waals surface area contributed by atoms with Crippen LogP contribution in [0.1, 0.15) is 58.9 Å². The lowest BCUT2D eigenvalue weighted by Gasteiger charge is -2.22. The molecule has 1 aliphatic heterocycles. The lowest BCUT2D eigenvalue weighted by Crippen LogP contribution is -2.26. The largest absolute Gasteiger partial charge is 0.462 e. The van der Waals surface area contributed by atoms with E-state index < -0.39 is 6.09 Å². The Balaban J connectivity index is 0.000000370. The molecule has 3 rings (SSSR count). The van der Waals surface area contributed by atoms with E-state index in [4.69, 9.17) is 4.74 Å². The van der Waals surface area contributed by atoms with Gasteiger partial charge >= 0.3 is 6.09 Å². The quantitative estimate of drug-likeness (QED) is 0.667. The topological polar surface area (TPSA) is 105 Å². The van der Waals surface area contributed by atoms with E-state index in [0.29, 0.717) is 18.1 Å². The highest BCUT2D eigenvalue weighted by atomic mass is 16.6. The van der Waals surface area contributed by atoms with Crippen molar-refractivity contribution in [2.45, 2.75) is 65.1 Å². The number of H-pyrrole nitrogens is 1. The van der Waals surface area contributed by atoms with Gasteiger partial charge in [0.25, 0.3) is 6.47 Å². The average molecular weight is 405 g/mol. The minimum absolute atomic E-state index is 0.144. The number of rotatable bonds is 4. The molecule has 2 aromatic rings. The molecule has 8 nitrogen and oxygen atoms in total. The molecule has 0 radical (unpaired) electrons. The highest BCUT2D eigenvalue weighted by Crippen LogP contribution is 2.31. The molecule has 2 aromatic heterocycles. The van der Waals surface area contributed by atoms with Crippen molar-refractivity contribution >= 4 is 29.3 Å². The van der Waals surface area contributed by atoms with Gasteiger partial charge in [-0.3, -0.25) is 10.1 Å². The third-order valence-electron chi connectivity index (χ3n) is 4.33. The van der Waals surface area contributed by atoms with Crippen molar-refractivity contribution in [1.29, 1.82) is 0 Å².